The van der Waals surface area contributed by atoms with Crippen molar-refractivity contribution in [3.8, 4) is 5.75 Å². The topological polar surface area (TPSA) is 39.4 Å². The minimum atomic E-state index is -0.0562. The number of para-hydroxylation sites is 1. The van der Waals surface area contributed by atoms with E-state index in [9.17, 15) is 4.79 Å². The molecule has 2 rings (SSSR count). The van der Waals surface area contributed by atoms with Crippen molar-refractivity contribution in [3.05, 3.63) is 52.5 Å². The molecule has 0 atom stereocenters. The summed E-state index contributed by atoms with van der Waals surface area (Å²) in [6.07, 6.45) is 0. The summed E-state index contributed by atoms with van der Waals surface area (Å²) in [7, 11) is 1.56. The van der Waals surface area contributed by atoms with Gasteiger partial charge in [-0.3, -0.25) is 4.79 Å². The summed E-state index contributed by atoms with van der Waals surface area (Å²) < 4.78 is 10.7. The van der Waals surface area contributed by atoms with Gasteiger partial charge >= 0.3 is 0 Å². The molecule has 1 aromatic heterocycles. The second-order valence-electron chi connectivity index (χ2n) is 4.24. The first-order valence-electron chi connectivity index (χ1n) is 5.80. The maximum absolute atomic E-state index is 12.5. The van der Waals surface area contributed by atoms with Crippen LogP contribution in [0.15, 0.2) is 28.7 Å². The normalized spacial score (nSPS) is 10.4. The molecule has 94 valence electrons. The van der Waals surface area contributed by atoms with Crippen LogP contribution in [0.4, 0.5) is 0 Å². The summed E-state index contributed by atoms with van der Waals surface area (Å²) in [4.78, 5) is 12.5. The van der Waals surface area contributed by atoms with Gasteiger partial charge in [0, 0.05) is 5.56 Å². The van der Waals surface area contributed by atoms with Crippen LogP contribution in [0.5, 0.6) is 5.75 Å². The van der Waals surface area contributed by atoms with E-state index in [2.05, 4.69) is 0 Å². The van der Waals surface area contributed by atoms with Crippen LogP contribution in [0.3, 0.4) is 0 Å². The summed E-state index contributed by atoms with van der Waals surface area (Å²) >= 11 is 0. The third kappa shape index (κ3) is 1.92. The van der Waals surface area contributed by atoms with E-state index < -0.39 is 0 Å². The van der Waals surface area contributed by atoms with Crippen LogP contribution in [-0.2, 0) is 0 Å². The number of ether oxygens (including phenoxy) is 1. The van der Waals surface area contributed by atoms with E-state index in [0.717, 1.165) is 11.3 Å². The largest absolute Gasteiger partial charge is 0.496 e. The van der Waals surface area contributed by atoms with Crippen LogP contribution < -0.4 is 4.74 Å². The molecule has 3 nitrogen and oxygen atoms in total. The Balaban J connectivity index is 2.55. The first kappa shape index (κ1) is 12.4. The van der Waals surface area contributed by atoms with Gasteiger partial charge in [-0.1, -0.05) is 12.1 Å². The Kier molecular flexibility index (Phi) is 3.24. The number of ketones is 1. The van der Waals surface area contributed by atoms with Crippen LogP contribution in [-0.4, -0.2) is 12.9 Å². The Labute approximate surface area is 106 Å². The zero-order valence-corrected chi connectivity index (χ0v) is 11.0. The molecular formula is C15H16O3. The van der Waals surface area contributed by atoms with Crippen molar-refractivity contribution in [1.82, 2.24) is 0 Å². The molecule has 0 amide bonds. The van der Waals surface area contributed by atoms with Gasteiger partial charge in [-0.25, -0.2) is 0 Å². The van der Waals surface area contributed by atoms with Crippen LogP contribution in [0.2, 0.25) is 0 Å². The number of benzene rings is 1. The zero-order chi connectivity index (χ0) is 13.3. The molecular weight excluding hydrogens is 228 g/mol. The van der Waals surface area contributed by atoms with Crippen molar-refractivity contribution in [2.45, 2.75) is 20.8 Å². The number of carbonyl (C=O) groups is 1. The molecule has 1 aromatic carbocycles. The van der Waals surface area contributed by atoms with Crippen molar-refractivity contribution in [1.29, 1.82) is 0 Å². The molecule has 0 spiro atoms. The Hall–Kier alpha value is -2.03. The fourth-order valence-corrected chi connectivity index (χ4v) is 2.09. The molecule has 0 N–H and O–H groups in total. The van der Waals surface area contributed by atoms with Crippen molar-refractivity contribution >= 4 is 5.78 Å². The van der Waals surface area contributed by atoms with Gasteiger partial charge in [0.25, 0.3) is 0 Å². The van der Waals surface area contributed by atoms with Crippen LogP contribution in [0.25, 0.3) is 0 Å². The second kappa shape index (κ2) is 4.69. The molecule has 0 aliphatic heterocycles. The van der Waals surface area contributed by atoms with Crippen LogP contribution in [0.1, 0.15) is 33.0 Å². The third-order valence-electron chi connectivity index (χ3n) is 3.14. The summed E-state index contributed by atoms with van der Waals surface area (Å²) in [6, 6.07) is 7.22. The number of hydrogen-bond donors (Lipinski definition) is 0. The highest BCUT2D eigenvalue weighted by atomic mass is 16.5. The summed E-state index contributed by atoms with van der Waals surface area (Å²) in [6.45, 7) is 5.57. The highest BCUT2D eigenvalue weighted by Crippen LogP contribution is 2.27. The first-order chi connectivity index (χ1) is 8.56. The molecule has 0 aliphatic rings. The van der Waals surface area contributed by atoms with E-state index >= 15 is 0 Å². The fourth-order valence-electron chi connectivity index (χ4n) is 2.09. The second-order valence-corrected chi connectivity index (χ2v) is 4.24. The standard InChI is InChI=1S/C15H16O3/c1-9-10(2)18-11(3)14(9)15(16)12-7-5-6-8-13(12)17-4/h5-8H,1-4H3. The molecule has 1 heterocycles. The number of rotatable bonds is 3. The lowest BCUT2D eigenvalue weighted by Gasteiger charge is -2.07. The number of carbonyl (C=O) groups excluding carboxylic acids is 1. The molecule has 0 fully saturated rings. The van der Waals surface area contributed by atoms with Crippen molar-refractivity contribution in [3.63, 3.8) is 0 Å². The van der Waals surface area contributed by atoms with Crippen molar-refractivity contribution < 1.29 is 13.9 Å². The zero-order valence-electron chi connectivity index (χ0n) is 11.0. The summed E-state index contributed by atoms with van der Waals surface area (Å²) in [5.74, 6) is 1.96. The molecule has 2 aromatic rings. The number of furan rings is 1. The highest BCUT2D eigenvalue weighted by molar-refractivity contribution is 6.12. The Bertz CT molecular complexity index is 594. The van der Waals surface area contributed by atoms with Crippen LogP contribution in [0, 0.1) is 20.8 Å². The van der Waals surface area contributed by atoms with Crippen molar-refractivity contribution in [2.24, 2.45) is 0 Å². The van der Waals surface area contributed by atoms with Gasteiger partial charge in [-0.2, -0.15) is 0 Å². The SMILES string of the molecule is COc1ccccc1C(=O)c1c(C)oc(C)c1C. The average Bonchev–Trinajstić information content (AvgIpc) is 2.62. The number of hydrogen-bond acceptors (Lipinski definition) is 3. The Morgan fingerprint density at radius 2 is 1.78 bits per heavy atom. The number of methoxy groups -OCH3 is 1. The van der Waals surface area contributed by atoms with E-state index in [1.165, 1.54) is 0 Å². The van der Waals surface area contributed by atoms with E-state index in [1.54, 1.807) is 19.2 Å². The summed E-state index contributed by atoms with van der Waals surface area (Å²) in [5.41, 5.74) is 2.09. The highest BCUT2D eigenvalue weighted by Gasteiger charge is 2.22. The van der Waals surface area contributed by atoms with E-state index in [0.29, 0.717) is 22.6 Å². The van der Waals surface area contributed by atoms with Gasteiger partial charge in [-0.05, 0) is 32.9 Å². The van der Waals surface area contributed by atoms with E-state index in [1.807, 2.05) is 32.9 Å². The number of aryl methyl sites for hydroxylation is 2. The Morgan fingerprint density at radius 1 is 1.11 bits per heavy atom. The summed E-state index contributed by atoms with van der Waals surface area (Å²) in [5, 5.41) is 0. The molecule has 3 heteroatoms. The maximum atomic E-state index is 12.5. The van der Waals surface area contributed by atoms with Gasteiger partial charge in [0.2, 0.25) is 5.78 Å². The monoisotopic (exact) mass is 244 g/mol. The molecule has 0 saturated carbocycles. The molecule has 18 heavy (non-hydrogen) atoms. The van der Waals surface area contributed by atoms with Gasteiger partial charge in [-0.15, -0.1) is 0 Å². The maximum Gasteiger partial charge on any atom is 0.200 e. The van der Waals surface area contributed by atoms with Crippen LogP contribution >= 0.6 is 0 Å². The lowest BCUT2D eigenvalue weighted by molar-refractivity contribution is 0.103. The quantitative estimate of drug-likeness (QED) is 0.776. The smallest absolute Gasteiger partial charge is 0.200 e. The molecule has 0 aliphatic carbocycles. The predicted molar refractivity (Wildman–Crippen MR) is 69.3 cm³/mol. The lowest BCUT2D eigenvalue weighted by Crippen LogP contribution is -2.05. The molecule has 0 saturated heterocycles. The Morgan fingerprint density at radius 3 is 2.33 bits per heavy atom. The van der Waals surface area contributed by atoms with Gasteiger partial charge < -0.3 is 9.15 Å². The average molecular weight is 244 g/mol. The van der Waals surface area contributed by atoms with Gasteiger partial charge in [0.05, 0.1) is 18.2 Å². The molecule has 0 bridgehead atoms. The minimum absolute atomic E-state index is 0.0562. The molecule has 0 unspecified atom stereocenters. The third-order valence-corrected chi connectivity index (χ3v) is 3.14. The fraction of sp³-hybridized carbons (Fsp3) is 0.267. The lowest BCUT2D eigenvalue weighted by atomic mass is 9.99. The van der Waals surface area contributed by atoms with Gasteiger partial charge in [0.15, 0.2) is 0 Å². The predicted octanol–water partition coefficient (Wildman–Crippen LogP) is 3.44. The van der Waals surface area contributed by atoms with Crippen molar-refractivity contribution in [2.75, 3.05) is 7.11 Å². The van der Waals surface area contributed by atoms with E-state index in [4.69, 9.17) is 9.15 Å². The minimum Gasteiger partial charge on any atom is -0.496 e. The van der Waals surface area contributed by atoms with Gasteiger partial charge in [0.1, 0.15) is 17.3 Å². The van der Waals surface area contributed by atoms with E-state index in [-0.39, 0.29) is 5.78 Å². The molecule has 0 radical (unpaired) electrons. The first-order valence-corrected chi connectivity index (χ1v) is 5.80.